The first-order chi connectivity index (χ1) is 14.9. The third-order valence-corrected chi connectivity index (χ3v) is 5.21. The van der Waals surface area contributed by atoms with Gasteiger partial charge in [0, 0.05) is 44.1 Å². The molecule has 1 fully saturated rings. The number of carbonyl (C=O) groups excluding carboxylic acids is 3. The van der Waals surface area contributed by atoms with Gasteiger partial charge in [-0.1, -0.05) is 0 Å². The highest BCUT2D eigenvalue weighted by molar-refractivity contribution is 6.05. The van der Waals surface area contributed by atoms with Gasteiger partial charge in [0.25, 0.3) is 5.91 Å². The van der Waals surface area contributed by atoms with Gasteiger partial charge in [-0.3, -0.25) is 9.59 Å². The Kier molecular flexibility index (Phi) is 5.68. The zero-order valence-electron chi connectivity index (χ0n) is 17.3. The number of pyridine rings is 1. The molecule has 1 aliphatic heterocycles. The van der Waals surface area contributed by atoms with Crippen LogP contribution in [0.1, 0.15) is 27.8 Å². The van der Waals surface area contributed by atoms with E-state index in [4.69, 9.17) is 4.74 Å². The Morgan fingerprint density at radius 2 is 1.77 bits per heavy atom. The monoisotopic (exact) mass is 421 g/mol. The van der Waals surface area contributed by atoms with E-state index in [9.17, 15) is 14.4 Å². The minimum atomic E-state index is -0.390. The van der Waals surface area contributed by atoms with Crippen molar-refractivity contribution in [2.24, 2.45) is 0 Å². The molecule has 2 amide bonds. The van der Waals surface area contributed by atoms with Crippen molar-refractivity contribution in [2.75, 3.05) is 38.5 Å². The number of aromatic amines is 1. The maximum absolute atomic E-state index is 12.5. The highest BCUT2D eigenvalue weighted by atomic mass is 16.6. The van der Waals surface area contributed by atoms with Gasteiger partial charge in [-0.2, -0.15) is 0 Å². The molecule has 31 heavy (non-hydrogen) atoms. The number of likely N-dealkylation sites (N-methyl/N-ethyl adjacent to an activating group) is 1. The van der Waals surface area contributed by atoms with Gasteiger partial charge in [0.2, 0.25) is 0 Å². The molecule has 160 valence electrons. The Hall–Kier alpha value is -3.72. The van der Waals surface area contributed by atoms with Crippen LogP contribution >= 0.6 is 0 Å². The van der Waals surface area contributed by atoms with E-state index in [1.807, 2.05) is 7.05 Å². The molecule has 2 N–H and O–H groups in total. The van der Waals surface area contributed by atoms with Crippen molar-refractivity contribution < 1.29 is 19.1 Å². The molecule has 1 aliphatic rings. The van der Waals surface area contributed by atoms with Gasteiger partial charge in [-0.25, -0.2) is 9.78 Å². The van der Waals surface area contributed by atoms with Crippen molar-refractivity contribution in [1.82, 2.24) is 19.8 Å². The number of nitrogens with one attached hydrogen (secondary N) is 2. The fourth-order valence-electron chi connectivity index (χ4n) is 3.31. The highest BCUT2D eigenvalue weighted by Crippen LogP contribution is 2.19. The predicted molar refractivity (Wildman–Crippen MR) is 116 cm³/mol. The van der Waals surface area contributed by atoms with E-state index in [2.05, 4.69) is 20.2 Å². The summed E-state index contributed by atoms with van der Waals surface area (Å²) in [6.45, 7) is 4.36. The first kappa shape index (κ1) is 20.5. The molecule has 9 nitrogen and oxygen atoms in total. The first-order valence-electron chi connectivity index (χ1n) is 9.95. The quantitative estimate of drug-likeness (QED) is 0.627. The Morgan fingerprint density at radius 3 is 2.45 bits per heavy atom. The molecule has 1 aromatic carbocycles. The van der Waals surface area contributed by atoms with Gasteiger partial charge in [-0.05, 0) is 43.4 Å². The molecular weight excluding hydrogens is 398 g/mol. The summed E-state index contributed by atoms with van der Waals surface area (Å²) in [6, 6.07) is 9.77. The summed E-state index contributed by atoms with van der Waals surface area (Å²) < 4.78 is 5.41. The van der Waals surface area contributed by atoms with E-state index in [0.717, 1.165) is 24.0 Å². The molecule has 0 unspecified atom stereocenters. The number of hydrogen-bond donors (Lipinski definition) is 2. The molecule has 2 aromatic heterocycles. The number of carbonyl (C=O) groups is 3. The third kappa shape index (κ3) is 4.72. The first-order valence-corrected chi connectivity index (χ1v) is 9.95. The third-order valence-electron chi connectivity index (χ3n) is 5.21. The van der Waals surface area contributed by atoms with Crippen LogP contribution in [0.2, 0.25) is 0 Å². The second-order valence-electron chi connectivity index (χ2n) is 7.53. The summed E-state index contributed by atoms with van der Waals surface area (Å²) in [4.78, 5) is 47.3. The number of benzene rings is 1. The number of fused-ring (bicyclic) bond motifs is 1. The summed E-state index contributed by atoms with van der Waals surface area (Å²) in [5, 5.41) is 3.51. The number of H-pyrrole nitrogens is 1. The van der Waals surface area contributed by atoms with Crippen molar-refractivity contribution in [3.8, 4) is 5.75 Å². The van der Waals surface area contributed by atoms with Crippen LogP contribution in [0, 0.1) is 0 Å². The minimum Gasteiger partial charge on any atom is -0.410 e. The molecule has 1 saturated heterocycles. The summed E-state index contributed by atoms with van der Waals surface area (Å²) >= 11 is 0. The summed E-state index contributed by atoms with van der Waals surface area (Å²) in [5.41, 5.74) is 1.61. The predicted octanol–water partition coefficient (Wildman–Crippen LogP) is 2.76. The molecule has 3 aromatic rings. The molecular formula is C22H23N5O4. The van der Waals surface area contributed by atoms with Crippen molar-refractivity contribution in [1.29, 1.82) is 0 Å². The Bertz CT molecular complexity index is 1130. The number of aromatic nitrogens is 2. The van der Waals surface area contributed by atoms with E-state index in [1.165, 1.54) is 6.92 Å². The fraction of sp³-hybridized carbons (Fsp3) is 0.273. The van der Waals surface area contributed by atoms with Gasteiger partial charge in [-0.15, -0.1) is 0 Å². The Morgan fingerprint density at radius 1 is 1.06 bits per heavy atom. The van der Waals surface area contributed by atoms with Gasteiger partial charge in [0.1, 0.15) is 11.6 Å². The number of ether oxygens (including phenoxy) is 1. The number of nitrogens with zero attached hydrogens (tertiary/aromatic N) is 3. The number of Topliss-reactive ketones (excluding diaryl/α,β-unsaturated/α-hetero) is 1. The number of amides is 2. The van der Waals surface area contributed by atoms with Crippen LogP contribution in [0.15, 0.2) is 42.6 Å². The molecule has 0 bridgehead atoms. The lowest BCUT2D eigenvalue weighted by Crippen LogP contribution is -2.48. The van der Waals surface area contributed by atoms with Gasteiger partial charge in [0.05, 0.1) is 17.4 Å². The van der Waals surface area contributed by atoms with Gasteiger partial charge in [0.15, 0.2) is 5.78 Å². The second-order valence-corrected chi connectivity index (χ2v) is 7.53. The van der Waals surface area contributed by atoms with Gasteiger partial charge >= 0.3 is 6.09 Å². The van der Waals surface area contributed by atoms with Crippen molar-refractivity contribution >= 4 is 34.5 Å². The standard InChI is InChI=1S/C22H23N5O4/c1-14(28)18-11-16-12-20(23-13-19(16)24-18)25-21(29)15-3-5-17(6-4-15)31-22(30)27-9-7-26(2)8-10-27/h3-6,11-13,24H,7-10H2,1-2H3,(H,23,25,29). The molecule has 0 saturated carbocycles. The number of piperazine rings is 1. The molecule has 0 radical (unpaired) electrons. The van der Waals surface area contributed by atoms with E-state index >= 15 is 0 Å². The van der Waals surface area contributed by atoms with Crippen LogP contribution in [-0.2, 0) is 0 Å². The van der Waals surface area contributed by atoms with Crippen LogP contribution in [0.3, 0.4) is 0 Å². The number of ketones is 1. The molecule has 0 aliphatic carbocycles. The number of rotatable bonds is 4. The fourth-order valence-corrected chi connectivity index (χ4v) is 3.31. The molecule has 9 heteroatoms. The normalized spacial score (nSPS) is 14.5. The van der Waals surface area contributed by atoms with Crippen molar-refractivity contribution in [3.05, 3.63) is 53.9 Å². The van der Waals surface area contributed by atoms with E-state index in [1.54, 1.807) is 47.5 Å². The van der Waals surface area contributed by atoms with Crippen molar-refractivity contribution in [3.63, 3.8) is 0 Å². The molecule has 4 rings (SSSR count). The maximum Gasteiger partial charge on any atom is 0.415 e. The van der Waals surface area contributed by atoms with Crippen LogP contribution in [0.4, 0.5) is 10.6 Å². The minimum absolute atomic E-state index is 0.0739. The lowest BCUT2D eigenvalue weighted by atomic mass is 10.2. The zero-order valence-corrected chi connectivity index (χ0v) is 17.3. The summed E-state index contributed by atoms with van der Waals surface area (Å²) in [5.74, 6) is 0.336. The van der Waals surface area contributed by atoms with Gasteiger partial charge < -0.3 is 24.8 Å². The summed E-state index contributed by atoms with van der Waals surface area (Å²) in [7, 11) is 2.02. The lowest BCUT2D eigenvalue weighted by molar-refractivity contribution is 0.100. The van der Waals surface area contributed by atoms with E-state index in [0.29, 0.717) is 35.9 Å². The average Bonchev–Trinajstić information content (AvgIpc) is 3.18. The maximum atomic E-state index is 12.5. The Balaban J connectivity index is 1.38. The van der Waals surface area contributed by atoms with Crippen LogP contribution in [0.25, 0.3) is 10.9 Å². The van der Waals surface area contributed by atoms with E-state index < -0.39 is 0 Å². The highest BCUT2D eigenvalue weighted by Gasteiger charge is 2.20. The molecule has 0 atom stereocenters. The largest absolute Gasteiger partial charge is 0.415 e. The van der Waals surface area contributed by atoms with Crippen molar-refractivity contribution in [2.45, 2.75) is 6.92 Å². The second kappa shape index (κ2) is 8.57. The molecule has 0 spiro atoms. The number of hydrogen-bond acceptors (Lipinski definition) is 6. The average molecular weight is 421 g/mol. The Labute approximate surface area is 179 Å². The smallest absolute Gasteiger partial charge is 0.410 e. The number of anilines is 1. The topological polar surface area (TPSA) is 108 Å². The SMILES string of the molecule is CC(=O)c1cc2cc(NC(=O)c3ccc(OC(=O)N4CCN(C)CC4)cc3)ncc2[nH]1. The van der Waals surface area contributed by atoms with Crippen LogP contribution < -0.4 is 10.1 Å². The summed E-state index contributed by atoms with van der Waals surface area (Å²) in [6.07, 6.45) is 1.18. The van der Waals surface area contributed by atoms with Crippen LogP contribution in [-0.4, -0.2) is 70.8 Å². The van der Waals surface area contributed by atoms with E-state index in [-0.39, 0.29) is 17.8 Å². The zero-order chi connectivity index (χ0) is 22.0. The van der Waals surface area contributed by atoms with Crippen LogP contribution in [0.5, 0.6) is 5.75 Å². The molecule has 3 heterocycles. The lowest BCUT2D eigenvalue weighted by Gasteiger charge is -2.31.